The number of aliphatic hydroxyl groups excluding tert-OH is 2. The molecule has 0 amide bonds. The molecule has 16 heavy (non-hydrogen) atoms. The molecule has 0 saturated carbocycles. The Morgan fingerprint density at radius 3 is 2.31 bits per heavy atom. The number of rotatable bonds is 6. The first-order chi connectivity index (χ1) is 7.72. The fraction of sp³-hybridized carbons (Fsp3) is 0.455. The van der Waals surface area contributed by atoms with Crippen molar-refractivity contribution >= 4 is 17.1 Å². The summed E-state index contributed by atoms with van der Waals surface area (Å²) in [5.41, 5.74) is 8.28. The third kappa shape index (κ3) is 3.01. The normalized spacial score (nSPS) is 10.2. The summed E-state index contributed by atoms with van der Waals surface area (Å²) in [5.74, 6) is 0. The molecule has 0 aliphatic rings. The van der Waals surface area contributed by atoms with Crippen LogP contribution in [0.4, 0.5) is 17.1 Å². The van der Waals surface area contributed by atoms with E-state index in [0.29, 0.717) is 18.8 Å². The van der Waals surface area contributed by atoms with Gasteiger partial charge in [-0.1, -0.05) is 0 Å². The standard InChI is InChI=1S/C11H19N3O2/c1-13-11-3-2-9(8-10(11)12)14(4-6-15)5-7-16/h2-3,8,13,15-16H,4-7,12H2,1H3. The predicted molar refractivity (Wildman–Crippen MR) is 66.8 cm³/mol. The SMILES string of the molecule is CNc1ccc(N(CCO)CCO)cc1N. The van der Waals surface area contributed by atoms with Crippen LogP contribution in [-0.2, 0) is 0 Å². The Bertz CT molecular complexity index is 325. The van der Waals surface area contributed by atoms with E-state index in [-0.39, 0.29) is 13.2 Å². The van der Waals surface area contributed by atoms with Crippen molar-refractivity contribution in [3.63, 3.8) is 0 Å². The van der Waals surface area contributed by atoms with Gasteiger partial charge in [0.05, 0.1) is 24.6 Å². The molecule has 0 aromatic heterocycles. The number of hydrogen-bond acceptors (Lipinski definition) is 5. The fourth-order valence-corrected chi connectivity index (χ4v) is 1.59. The summed E-state index contributed by atoms with van der Waals surface area (Å²) >= 11 is 0. The number of hydrogen-bond donors (Lipinski definition) is 4. The van der Waals surface area contributed by atoms with Crippen molar-refractivity contribution in [2.75, 3.05) is 49.3 Å². The molecule has 90 valence electrons. The van der Waals surface area contributed by atoms with Crippen LogP contribution in [0.1, 0.15) is 0 Å². The lowest BCUT2D eigenvalue weighted by Gasteiger charge is -2.23. The van der Waals surface area contributed by atoms with E-state index in [1.165, 1.54) is 0 Å². The number of benzene rings is 1. The molecule has 5 heteroatoms. The minimum Gasteiger partial charge on any atom is -0.397 e. The van der Waals surface area contributed by atoms with E-state index < -0.39 is 0 Å². The topological polar surface area (TPSA) is 81.8 Å². The molecule has 1 aromatic rings. The van der Waals surface area contributed by atoms with Gasteiger partial charge in [-0.25, -0.2) is 0 Å². The molecule has 1 aromatic carbocycles. The first-order valence-electron chi connectivity index (χ1n) is 5.27. The summed E-state index contributed by atoms with van der Waals surface area (Å²) in [4.78, 5) is 1.88. The van der Waals surface area contributed by atoms with Crippen LogP contribution < -0.4 is 16.0 Å². The molecule has 0 fully saturated rings. The zero-order chi connectivity index (χ0) is 12.0. The van der Waals surface area contributed by atoms with Gasteiger partial charge in [-0.2, -0.15) is 0 Å². The molecular formula is C11H19N3O2. The molecule has 0 heterocycles. The van der Waals surface area contributed by atoms with E-state index in [1.54, 1.807) is 0 Å². The molecule has 0 aliphatic carbocycles. The maximum atomic E-state index is 8.93. The first-order valence-corrected chi connectivity index (χ1v) is 5.27. The first kappa shape index (κ1) is 12.6. The summed E-state index contributed by atoms with van der Waals surface area (Å²) in [7, 11) is 1.81. The van der Waals surface area contributed by atoms with Gasteiger partial charge in [0.25, 0.3) is 0 Å². The van der Waals surface area contributed by atoms with E-state index in [1.807, 2.05) is 30.1 Å². The molecule has 0 bridgehead atoms. The highest BCUT2D eigenvalue weighted by Gasteiger charge is 2.07. The van der Waals surface area contributed by atoms with Crippen LogP contribution in [0.3, 0.4) is 0 Å². The van der Waals surface area contributed by atoms with Crippen LogP contribution in [0.25, 0.3) is 0 Å². The van der Waals surface area contributed by atoms with E-state index in [9.17, 15) is 0 Å². The second-order valence-corrected chi connectivity index (χ2v) is 3.46. The van der Waals surface area contributed by atoms with Crippen molar-refractivity contribution in [2.24, 2.45) is 0 Å². The number of nitrogens with two attached hydrogens (primary N) is 1. The van der Waals surface area contributed by atoms with Crippen molar-refractivity contribution in [3.05, 3.63) is 18.2 Å². The molecule has 0 radical (unpaired) electrons. The molecule has 0 spiro atoms. The maximum absolute atomic E-state index is 8.93. The largest absolute Gasteiger partial charge is 0.397 e. The Morgan fingerprint density at radius 1 is 1.25 bits per heavy atom. The number of nitrogens with one attached hydrogen (secondary N) is 1. The Kier molecular flexibility index (Phi) is 4.88. The number of nitrogen functional groups attached to an aromatic ring is 1. The molecular weight excluding hydrogens is 206 g/mol. The highest BCUT2D eigenvalue weighted by molar-refractivity contribution is 5.71. The van der Waals surface area contributed by atoms with Gasteiger partial charge in [0.1, 0.15) is 0 Å². The molecule has 0 saturated heterocycles. The molecule has 0 atom stereocenters. The van der Waals surface area contributed by atoms with Gasteiger partial charge in [-0.05, 0) is 18.2 Å². The quantitative estimate of drug-likeness (QED) is 0.516. The molecule has 0 aliphatic heterocycles. The van der Waals surface area contributed by atoms with Gasteiger partial charge in [0.2, 0.25) is 0 Å². The lowest BCUT2D eigenvalue weighted by molar-refractivity contribution is 0.281. The summed E-state index contributed by atoms with van der Waals surface area (Å²) in [6.07, 6.45) is 0. The molecule has 5 nitrogen and oxygen atoms in total. The lowest BCUT2D eigenvalue weighted by atomic mass is 10.2. The predicted octanol–water partition coefficient (Wildman–Crippen LogP) is 0.101. The van der Waals surface area contributed by atoms with Crippen LogP contribution in [0.15, 0.2) is 18.2 Å². The summed E-state index contributed by atoms with van der Waals surface area (Å²) < 4.78 is 0. The van der Waals surface area contributed by atoms with E-state index in [0.717, 1.165) is 11.4 Å². The second-order valence-electron chi connectivity index (χ2n) is 3.46. The lowest BCUT2D eigenvalue weighted by Crippen LogP contribution is -2.29. The third-order valence-corrected chi connectivity index (χ3v) is 2.41. The number of anilines is 3. The van der Waals surface area contributed by atoms with Gasteiger partial charge in [-0.3, -0.25) is 0 Å². The minimum atomic E-state index is 0.0493. The van der Waals surface area contributed by atoms with Crippen LogP contribution in [0.5, 0.6) is 0 Å². The Morgan fingerprint density at radius 2 is 1.88 bits per heavy atom. The Balaban J connectivity index is 2.87. The summed E-state index contributed by atoms with van der Waals surface area (Å²) in [5, 5.41) is 20.8. The number of nitrogens with zero attached hydrogens (tertiary/aromatic N) is 1. The minimum absolute atomic E-state index is 0.0493. The van der Waals surface area contributed by atoms with Gasteiger partial charge in [0.15, 0.2) is 0 Å². The van der Waals surface area contributed by atoms with E-state index >= 15 is 0 Å². The van der Waals surface area contributed by atoms with Crippen LogP contribution in [0.2, 0.25) is 0 Å². The van der Waals surface area contributed by atoms with Gasteiger partial charge >= 0.3 is 0 Å². The van der Waals surface area contributed by atoms with Crippen LogP contribution >= 0.6 is 0 Å². The smallest absolute Gasteiger partial charge is 0.0606 e. The monoisotopic (exact) mass is 225 g/mol. The average Bonchev–Trinajstić information content (AvgIpc) is 2.28. The van der Waals surface area contributed by atoms with Gasteiger partial charge in [-0.15, -0.1) is 0 Å². The Hall–Kier alpha value is -1.46. The second kappa shape index (κ2) is 6.19. The average molecular weight is 225 g/mol. The fourth-order valence-electron chi connectivity index (χ4n) is 1.59. The van der Waals surface area contributed by atoms with Crippen molar-refractivity contribution < 1.29 is 10.2 Å². The van der Waals surface area contributed by atoms with Crippen molar-refractivity contribution in [3.8, 4) is 0 Å². The van der Waals surface area contributed by atoms with E-state index in [4.69, 9.17) is 15.9 Å². The zero-order valence-corrected chi connectivity index (χ0v) is 9.48. The maximum Gasteiger partial charge on any atom is 0.0606 e. The highest BCUT2D eigenvalue weighted by atomic mass is 16.3. The highest BCUT2D eigenvalue weighted by Crippen LogP contribution is 2.24. The molecule has 5 N–H and O–H groups in total. The molecule has 0 unspecified atom stereocenters. The van der Waals surface area contributed by atoms with Gasteiger partial charge < -0.3 is 26.2 Å². The van der Waals surface area contributed by atoms with E-state index in [2.05, 4.69) is 5.32 Å². The van der Waals surface area contributed by atoms with Crippen molar-refractivity contribution in [1.29, 1.82) is 0 Å². The summed E-state index contributed by atoms with van der Waals surface area (Å²) in [6, 6.07) is 5.62. The molecule has 1 rings (SSSR count). The van der Waals surface area contributed by atoms with Gasteiger partial charge in [0, 0.05) is 25.8 Å². The van der Waals surface area contributed by atoms with Crippen molar-refractivity contribution in [1.82, 2.24) is 0 Å². The Labute approximate surface area is 95.5 Å². The zero-order valence-electron chi connectivity index (χ0n) is 9.48. The summed E-state index contributed by atoms with van der Waals surface area (Å²) in [6.45, 7) is 1.07. The van der Waals surface area contributed by atoms with Crippen LogP contribution in [0, 0.1) is 0 Å². The number of aliphatic hydroxyl groups is 2. The third-order valence-electron chi connectivity index (χ3n) is 2.41. The van der Waals surface area contributed by atoms with Crippen LogP contribution in [-0.4, -0.2) is 43.6 Å². The van der Waals surface area contributed by atoms with Crippen molar-refractivity contribution in [2.45, 2.75) is 0 Å².